The second kappa shape index (κ2) is 9.95. The molecular formula is C20H37N5O. The lowest BCUT2D eigenvalue weighted by Crippen LogP contribution is -2.42. The zero-order valence-corrected chi connectivity index (χ0v) is 17.3. The fourth-order valence-electron chi connectivity index (χ4n) is 3.14. The highest BCUT2D eigenvalue weighted by Gasteiger charge is 2.19. The normalized spacial score (nSPS) is 18.0. The smallest absolute Gasteiger partial charge is 0.216 e. The number of rotatable bonds is 7. The lowest BCUT2D eigenvalue weighted by atomic mass is 9.94. The molecule has 0 aliphatic carbocycles. The van der Waals surface area contributed by atoms with Crippen LogP contribution in [-0.2, 0) is 12.0 Å². The van der Waals surface area contributed by atoms with Gasteiger partial charge in [-0.2, -0.15) is 0 Å². The second-order valence-corrected chi connectivity index (χ2v) is 8.41. The van der Waals surface area contributed by atoms with Gasteiger partial charge in [0.2, 0.25) is 5.89 Å². The summed E-state index contributed by atoms with van der Waals surface area (Å²) >= 11 is 0. The Hall–Kier alpha value is -1.56. The quantitative estimate of drug-likeness (QED) is 0.575. The van der Waals surface area contributed by atoms with Gasteiger partial charge in [0.05, 0.1) is 6.20 Å². The number of guanidine groups is 1. The number of hydrogen-bond acceptors (Lipinski definition) is 4. The van der Waals surface area contributed by atoms with Gasteiger partial charge in [0.15, 0.2) is 5.96 Å². The van der Waals surface area contributed by atoms with Gasteiger partial charge in [-0.15, -0.1) is 0 Å². The van der Waals surface area contributed by atoms with Gasteiger partial charge >= 0.3 is 0 Å². The van der Waals surface area contributed by atoms with E-state index in [1.54, 1.807) is 0 Å². The topological polar surface area (TPSA) is 65.7 Å². The Morgan fingerprint density at radius 3 is 2.62 bits per heavy atom. The molecule has 1 unspecified atom stereocenters. The average Bonchev–Trinajstić information content (AvgIpc) is 3.08. The number of aliphatic imine (C=N–C) groups is 1. The van der Waals surface area contributed by atoms with E-state index in [1.807, 2.05) is 6.20 Å². The van der Waals surface area contributed by atoms with Crippen molar-refractivity contribution < 1.29 is 4.42 Å². The predicted molar refractivity (Wildman–Crippen MR) is 107 cm³/mol. The van der Waals surface area contributed by atoms with E-state index in [9.17, 15) is 0 Å². The summed E-state index contributed by atoms with van der Waals surface area (Å²) < 4.78 is 5.82. The molecule has 1 atom stereocenters. The number of nitrogens with zero attached hydrogens (tertiary/aromatic N) is 3. The molecule has 1 aromatic rings. The molecule has 1 aliphatic rings. The van der Waals surface area contributed by atoms with E-state index in [1.165, 1.54) is 32.4 Å². The zero-order valence-electron chi connectivity index (χ0n) is 17.3. The van der Waals surface area contributed by atoms with E-state index >= 15 is 0 Å². The monoisotopic (exact) mass is 363 g/mol. The van der Waals surface area contributed by atoms with Crippen LogP contribution in [0.1, 0.15) is 65.5 Å². The van der Waals surface area contributed by atoms with E-state index < -0.39 is 0 Å². The van der Waals surface area contributed by atoms with Gasteiger partial charge in [-0.1, -0.05) is 34.1 Å². The SMILES string of the molecule is CCNC(=NCc1ncc(C(C)(C)C)o1)NCC(C)CN1CCCCC1. The van der Waals surface area contributed by atoms with Crippen LogP contribution in [0.4, 0.5) is 0 Å². The van der Waals surface area contributed by atoms with Crippen LogP contribution in [0.2, 0.25) is 0 Å². The second-order valence-electron chi connectivity index (χ2n) is 8.41. The first-order valence-electron chi connectivity index (χ1n) is 10.1. The molecule has 2 N–H and O–H groups in total. The van der Waals surface area contributed by atoms with E-state index in [2.05, 4.69) is 60.1 Å². The van der Waals surface area contributed by atoms with Crippen molar-refractivity contribution in [3.8, 4) is 0 Å². The highest BCUT2D eigenvalue weighted by molar-refractivity contribution is 5.79. The Morgan fingerprint density at radius 2 is 2.00 bits per heavy atom. The minimum atomic E-state index is -0.0262. The summed E-state index contributed by atoms with van der Waals surface area (Å²) in [6.45, 7) is 16.6. The predicted octanol–water partition coefficient (Wildman–Crippen LogP) is 3.15. The Morgan fingerprint density at radius 1 is 1.27 bits per heavy atom. The molecule has 2 rings (SSSR count). The highest BCUT2D eigenvalue weighted by Crippen LogP contribution is 2.22. The number of piperidine rings is 1. The molecule has 0 bridgehead atoms. The molecule has 1 aromatic heterocycles. The van der Waals surface area contributed by atoms with Gasteiger partial charge in [0, 0.05) is 25.0 Å². The summed E-state index contributed by atoms with van der Waals surface area (Å²) in [5.74, 6) is 2.98. The fraction of sp³-hybridized carbons (Fsp3) is 0.800. The van der Waals surface area contributed by atoms with Crippen molar-refractivity contribution in [3.05, 3.63) is 17.8 Å². The average molecular weight is 364 g/mol. The Kier molecular flexibility index (Phi) is 7.94. The third-order valence-electron chi connectivity index (χ3n) is 4.65. The number of oxazole rings is 1. The van der Waals surface area contributed by atoms with Crippen LogP contribution in [0.3, 0.4) is 0 Å². The molecule has 2 heterocycles. The third kappa shape index (κ3) is 6.98. The van der Waals surface area contributed by atoms with Gasteiger partial charge in [-0.05, 0) is 38.8 Å². The number of hydrogen-bond donors (Lipinski definition) is 2. The first-order chi connectivity index (χ1) is 12.4. The van der Waals surface area contributed by atoms with Gasteiger partial charge < -0.3 is 20.0 Å². The summed E-state index contributed by atoms with van der Waals surface area (Å²) in [6, 6.07) is 0. The summed E-state index contributed by atoms with van der Waals surface area (Å²) in [5.41, 5.74) is -0.0262. The molecule has 0 radical (unpaired) electrons. The maximum absolute atomic E-state index is 5.82. The number of nitrogens with one attached hydrogen (secondary N) is 2. The van der Waals surface area contributed by atoms with Gasteiger partial charge in [0.1, 0.15) is 12.3 Å². The molecule has 1 aliphatic heterocycles. The van der Waals surface area contributed by atoms with Gasteiger partial charge in [-0.3, -0.25) is 0 Å². The van der Waals surface area contributed by atoms with Crippen LogP contribution in [0, 0.1) is 5.92 Å². The van der Waals surface area contributed by atoms with Crippen molar-refractivity contribution in [2.24, 2.45) is 10.9 Å². The lowest BCUT2D eigenvalue weighted by Gasteiger charge is -2.29. The molecular weight excluding hydrogens is 326 g/mol. The van der Waals surface area contributed by atoms with Gasteiger partial charge in [0.25, 0.3) is 0 Å². The van der Waals surface area contributed by atoms with E-state index in [0.29, 0.717) is 18.4 Å². The highest BCUT2D eigenvalue weighted by atomic mass is 16.4. The van der Waals surface area contributed by atoms with Gasteiger partial charge in [-0.25, -0.2) is 9.98 Å². The van der Waals surface area contributed by atoms with Crippen LogP contribution in [0.15, 0.2) is 15.6 Å². The van der Waals surface area contributed by atoms with E-state index in [-0.39, 0.29) is 5.41 Å². The van der Waals surface area contributed by atoms with E-state index in [4.69, 9.17) is 4.42 Å². The van der Waals surface area contributed by atoms with Crippen LogP contribution < -0.4 is 10.6 Å². The van der Waals surface area contributed by atoms with Crippen molar-refractivity contribution in [3.63, 3.8) is 0 Å². The Labute approximate surface area is 158 Å². The third-order valence-corrected chi connectivity index (χ3v) is 4.65. The molecule has 0 saturated carbocycles. The first-order valence-corrected chi connectivity index (χ1v) is 10.1. The minimum Gasteiger partial charge on any atom is -0.443 e. The number of aromatic nitrogens is 1. The molecule has 26 heavy (non-hydrogen) atoms. The fourth-order valence-corrected chi connectivity index (χ4v) is 3.14. The summed E-state index contributed by atoms with van der Waals surface area (Å²) in [6.07, 6.45) is 5.89. The summed E-state index contributed by atoms with van der Waals surface area (Å²) in [4.78, 5) is 11.6. The summed E-state index contributed by atoms with van der Waals surface area (Å²) in [7, 11) is 0. The maximum Gasteiger partial charge on any atom is 0.216 e. The zero-order chi connectivity index (χ0) is 19.0. The van der Waals surface area contributed by atoms with Crippen molar-refractivity contribution >= 4 is 5.96 Å². The van der Waals surface area contributed by atoms with Crippen LogP contribution in [0.5, 0.6) is 0 Å². The molecule has 6 heteroatoms. The van der Waals surface area contributed by atoms with Crippen LogP contribution >= 0.6 is 0 Å². The van der Waals surface area contributed by atoms with Crippen LogP contribution in [-0.4, -0.2) is 48.6 Å². The summed E-state index contributed by atoms with van der Waals surface area (Å²) in [5, 5.41) is 6.76. The Bertz CT molecular complexity index is 555. The molecule has 0 aromatic carbocycles. The first kappa shape index (κ1) is 20.7. The molecule has 0 spiro atoms. The largest absolute Gasteiger partial charge is 0.443 e. The molecule has 0 amide bonds. The van der Waals surface area contributed by atoms with Crippen molar-refractivity contribution in [1.82, 2.24) is 20.5 Å². The molecule has 1 fully saturated rings. The lowest BCUT2D eigenvalue weighted by molar-refractivity contribution is 0.201. The minimum absolute atomic E-state index is 0.0262. The number of likely N-dealkylation sites (tertiary alicyclic amines) is 1. The van der Waals surface area contributed by atoms with E-state index in [0.717, 1.165) is 31.4 Å². The Balaban J connectivity index is 1.82. The molecule has 6 nitrogen and oxygen atoms in total. The maximum atomic E-state index is 5.82. The van der Waals surface area contributed by atoms with Crippen molar-refractivity contribution in [2.75, 3.05) is 32.7 Å². The standard InChI is InChI=1S/C20H37N5O/c1-6-21-19(23-12-16(2)15-25-10-8-7-9-11-25)24-14-18-22-13-17(26-18)20(3,4)5/h13,16H,6-12,14-15H2,1-5H3,(H2,21,23,24). The van der Waals surface area contributed by atoms with Crippen molar-refractivity contribution in [2.45, 2.75) is 65.8 Å². The van der Waals surface area contributed by atoms with Crippen LogP contribution in [0.25, 0.3) is 0 Å². The van der Waals surface area contributed by atoms with Crippen molar-refractivity contribution in [1.29, 1.82) is 0 Å². The molecule has 1 saturated heterocycles. The molecule has 148 valence electrons.